The number of hydrogen-bond donors (Lipinski definition) is 1. The van der Waals surface area contributed by atoms with Gasteiger partial charge in [0, 0.05) is 31.8 Å². The number of carbonyl (C=O) groups excluding carboxylic acids is 1. The molecule has 0 atom stereocenters. The minimum Gasteiger partial charge on any atom is -0.385 e. The molecule has 1 aromatic heterocycles. The highest BCUT2D eigenvalue weighted by Crippen LogP contribution is 2.17. The second kappa shape index (κ2) is 8.77. The predicted molar refractivity (Wildman–Crippen MR) is 98.3 cm³/mol. The first-order valence-corrected chi connectivity index (χ1v) is 8.56. The lowest BCUT2D eigenvalue weighted by molar-refractivity contribution is 0.0938. The second-order valence-corrected chi connectivity index (χ2v) is 6.04. The quantitative estimate of drug-likeness (QED) is 0.727. The summed E-state index contributed by atoms with van der Waals surface area (Å²) in [4.78, 5) is 37.3. The average molecular weight is 381 g/mol. The van der Waals surface area contributed by atoms with Gasteiger partial charge in [-0.1, -0.05) is 17.7 Å². The summed E-state index contributed by atoms with van der Waals surface area (Å²) in [7, 11) is 1.56. The third kappa shape index (κ3) is 4.20. The van der Waals surface area contributed by atoms with E-state index in [1.54, 1.807) is 32.2 Å². The normalized spacial score (nSPS) is 10.8. The van der Waals surface area contributed by atoms with Gasteiger partial charge >= 0.3 is 5.69 Å². The minimum atomic E-state index is -0.726. The lowest BCUT2D eigenvalue weighted by Gasteiger charge is -2.11. The van der Waals surface area contributed by atoms with E-state index in [9.17, 15) is 14.4 Å². The Bertz CT molecular complexity index is 920. The van der Waals surface area contributed by atoms with Crippen molar-refractivity contribution in [3.05, 3.63) is 55.3 Å². The summed E-state index contributed by atoms with van der Waals surface area (Å²) in [6.07, 6.45) is 0.595. The zero-order chi connectivity index (χ0) is 19.3. The van der Waals surface area contributed by atoms with Crippen LogP contribution >= 0.6 is 11.6 Å². The van der Waals surface area contributed by atoms with Gasteiger partial charge in [-0.3, -0.25) is 14.2 Å². The van der Waals surface area contributed by atoms with E-state index in [4.69, 9.17) is 16.3 Å². The van der Waals surface area contributed by atoms with Gasteiger partial charge in [0.05, 0.1) is 5.69 Å². The number of aryl methyl sites for hydroxylation is 1. The van der Waals surface area contributed by atoms with Crippen molar-refractivity contribution in [3.63, 3.8) is 0 Å². The number of rotatable bonds is 7. The summed E-state index contributed by atoms with van der Waals surface area (Å²) in [5.41, 5.74) is -0.491. The smallest absolute Gasteiger partial charge is 0.352 e. The van der Waals surface area contributed by atoms with Crippen molar-refractivity contribution in [2.75, 3.05) is 20.3 Å². The fourth-order valence-corrected chi connectivity index (χ4v) is 2.49. The number of benzene rings is 1. The van der Waals surface area contributed by atoms with Crippen LogP contribution in [0.4, 0.5) is 0 Å². The number of amides is 1. The van der Waals surface area contributed by atoms with Crippen LogP contribution in [0.5, 0.6) is 0 Å². The number of aromatic nitrogens is 3. The molecule has 1 N–H and O–H groups in total. The first-order chi connectivity index (χ1) is 12.4. The van der Waals surface area contributed by atoms with Crippen LogP contribution in [0.2, 0.25) is 5.02 Å². The predicted octanol–water partition coefficient (Wildman–Crippen LogP) is 1.14. The number of carbonyl (C=O) groups is 1. The number of ether oxygens (including phenoxy) is 1. The Morgan fingerprint density at radius 3 is 2.69 bits per heavy atom. The van der Waals surface area contributed by atoms with Crippen molar-refractivity contribution in [2.45, 2.75) is 26.8 Å². The first kappa shape index (κ1) is 19.9. The zero-order valence-corrected chi connectivity index (χ0v) is 15.7. The molecule has 0 radical (unpaired) electrons. The molecular formula is C17H21ClN4O4. The van der Waals surface area contributed by atoms with Crippen LogP contribution in [-0.2, 0) is 11.3 Å². The van der Waals surface area contributed by atoms with Gasteiger partial charge in [-0.25, -0.2) is 4.79 Å². The first-order valence-electron chi connectivity index (χ1n) is 8.18. The molecule has 9 heteroatoms. The Kier molecular flexibility index (Phi) is 6.70. The van der Waals surface area contributed by atoms with Gasteiger partial charge in [-0.2, -0.15) is 9.78 Å². The van der Waals surface area contributed by atoms with Gasteiger partial charge in [0.2, 0.25) is 5.69 Å². The molecule has 0 spiro atoms. The monoisotopic (exact) mass is 380 g/mol. The molecular weight excluding hydrogens is 360 g/mol. The van der Waals surface area contributed by atoms with E-state index in [0.717, 1.165) is 14.8 Å². The van der Waals surface area contributed by atoms with Gasteiger partial charge in [0.25, 0.3) is 11.5 Å². The third-order valence-electron chi connectivity index (χ3n) is 3.80. The van der Waals surface area contributed by atoms with Crippen LogP contribution in [0.25, 0.3) is 5.69 Å². The molecule has 0 saturated carbocycles. The van der Waals surface area contributed by atoms with Crippen LogP contribution < -0.4 is 16.6 Å². The summed E-state index contributed by atoms with van der Waals surface area (Å²) >= 11 is 6.12. The number of hydrogen-bond acceptors (Lipinski definition) is 5. The average Bonchev–Trinajstić information content (AvgIpc) is 2.61. The molecule has 26 heavy (non-hydrogen) atoms. The van der Waals surface area contributed by atoms with E-state index < -0.39 is 17.2 Å². The summed E-state index contributed by atoms with van der Waals surface area (Å²) in [6, 6.07) is 4.95. The Morgan fingerprint density at radius 1 is 1.35 bits per heavy atom. The van der Waals surface area contributed by atoms with Crippen LogP contribution in [0.15, 0.2) is 27.8 Å². The van der Waals surface area contributed by atoms with Crippen LogP contribution in [-0.4, -0.2) is 40.5 Å². The lowest BCUT2D eigenvalue weighted by atomic mass is 10.2. The third-order valence-corrected chi connectivity index (χ3v) is 4.21. The largest absolute Gasteiger partial charge is 0.385 e. The van der Waals surface area contributed by atoms with Crippen LogP contribution in [0.1, 0.15) is 29.4 Å². The topological polar surface area (TPSA) is 95.2 Å². The molecule has 2 aromatic rings. The molecule has 0 saturated heterocycles. The fourth-order valence-electron chi connectivity index (χ4n) is 2.32. The maximum Gasteiger partial charge on any atom is 0.352 e. The Labute approximate surface area is 155 Å². The summed E-state index contributed by atoms with van der Waals surface area (Å²) < 4.78 is 6.89. The van der Waals surface area contributed by atoms with Crippen LogP contribution in [0.3, 0.4) is 0 Å². The highest BCUT2D eigenvalue weighted by atomic mass is 35.5. The highest BCUT2D eigenvalue weighted by Gasteiger charge is 2.19. The number of nitrogens with zero attached hydrogens (tertiary/aromatic N) is 3. The molecule has 0 aliphatic rings. The Hall–Kier alpha value is -2.45. The van der Waals surface area contributed by atoms with E-state index in [-0.39, 0.29) is 12.2 Å². The van der Waals surface area contributed by atoms with Crippen molar-refractivity contribution in [1.29, 1.82) is 0 Å². The molecule has 2 rings (SSSR count). The fraction of sp³-hybridized carbons (Fsp3) is 0.412. The molecule has 0 fully saturated rings. The number of halogens is 1. The van der Waals surface area contributed by atoms with Gasteiger partial charge in [0.15, 0.2) is 0 Å². The van der Waals surface area contributed by atoms with Crippen molar-refractivity contribution in [1.82, 2.24) is 19.7 Å². The van der Waals surface area contributed by atoms with Gasteiger partial charge in [-0.05, 0) is 38.0 Å². The van der Waals surface area contributed by atoms with E-state index in [0.29, 0.717) is 30.3 Å². The Balaban J connectivity index is 2.50. The minimum absolute atomic E-state index is 0.115. The summed E-state index contributed by atoms with van der Waals surface area (Å²) in [5.74, 6) is -0.639. The van der Waals surface area contributed by atoms with Gasteiger partial charge in [-0.15, -0.1) is 0 Å². The molecule has 0 unspecified atom stereocenters. The molecule has 8 nitrogen and oxygen atoms in total. The molecule has 0 aliphatic carbocycles. The maximum atomic E-state index is 12.6. The van der Waals surface area contributed by atoms with E-state index in [1.807, 2.05) is 6.92 Å². The highest BCUT2D eigenvalue weighted by molar-refractivity contribution is 6.31. The summed E-state index contributed by atoms with van der Waals surface area (Å²) in [6.45, 7) is 4.40. The molecule has 1 amide bonds. The van der Waals surface area contributed by atoms with Crippen molar-refractivity contribution < 1.29 is 9.53 Å². The van der Waals surface area contributed by atoms with E-state index in [2.05, 4.69) is 10.4 Å². The van der Waals surface area contributed by atoms with Gasteiger partial charge in [0.1, 0.15) is 0 Å². The molecule has 0 bridgehead atoms. The van der Waals surface area contributed by atoms with Crippen molar-refractivity contribution >= 4 is 17.5 Å². The van der Waals surface area contributed by atoms with Crippen molar-refractivity contribution in [3.8, 4) is 5.69 Å². The van der Waals surface area contributed by atoms with E-state index >= 15 is 0 Å². The number of nitrogens with one attached hydrogen (secondary N) is 1. The standard InChI is InChI=1S/C17H21ClN4O4/c1-4-21-16(24)14(15(23)19-8-5-9-26-3)20-22(17(21)25)12-7-6-11(2)13(18)10-12/h6-7,10H,4-5,8-9H2,1-3H3,(H,19,23). The van der Waals surface area contributed by atoms with Crippen LogP contribution in [0, 0.1) is 6.92 Å². The SMILES string of the molecule is CCn1c(=O)c(C(=O)NCCCOC)nn(-c2ccc(C)c(Cl)c2)c1=O. The van der Waals surface area contributed by atoms with Gasteiger partial charge < -0.3 is 10.1 Å². The number of methoxy groups -OCH3 is 1. The molecule has 1 heterocycles. The summed E-state index contributed by atoms with van der Waals surface area (Å²) in [5, 5.41) is 7.05. The molecule has 0 aliphatic heterocycles. The van der Waals surface area contributed by atoms with Crippen molar-refractivity contribution in [2.24, 2.45) is 0 Å². The van der Waals surface area contributed by atoms with E-state index in [1.165, 1.54) is 0 Å². The Morgan fingerprint density at radius 2 is 2.08 bits per heavy atom. The second-order valence-electron chi connectivity index (χ2n) is 5.63. The lowest BCUT2D eigenvalue weighted by Crippen LogP contribution is -2.45. The molecule has 140 valence electrons. The zero-order valence-electron chi connectivity index (χ0n) is 14.9. The molecule has 1 aromatic carbocycles. The maximum absolute atomic E-state index is 12.6.